The third-order valence-electron chi connectivity index (χ3n) is 3.72. The molecule has 0 bridgehead atoms. The number of nitrogens with zero attached hydrogens (tertiary/aromatic N) is 1. The van der Waals surface area contributed by atoms with Crippen molar-refractivity contribution in [3.8, 4) is 11.5 Å². The van der Waals surface area contributed by atoms with Crippen molar-refractivity contribution < 1.29 is 14.3 Å². The minimum Gasteiger partial charge on any atom is -0.493 e. The van der Waals surface area contributed by atoms with Crippen LogP contribution in [0.2, 0.25) is 10.0 Å². The van der Waals surface area contributed by atoms with Crippen LogP contribution in [0.15, 0.2) is 53.7 Å². The van der Waals surface area contributed by atoms with Gasteiger partial charge in [0.15, 0.2) is 29.0 Å². The number of hydrazone groups is 1. The molecule has 0 amide bonds. The summed E-state index contributed by atoms with van der Waals surface area (Å²) in [6.07, 6.45) is 1.59. The largest absolute Gasteiger partial charge is 0.493 e. The molecule has 2 N–H and O–H groups in total. The van der Waals surface area contributed by atoms with Gasteiger partial charge in [-0.15, -0.1) is 0 Å². The number of carbonyl (C=O) groups is 1. The van der Waals surface area contributed by atoms with Crippen molar-refractivity contribution in [1.82, 2.24) is 10.7 Å². The van der Waals surface area contributed by atoms with Crippen molar-refractivity contribution >= 4 is 52.5 Å². The van der Waals surface area contributed by atoms with E-state index in [4.69, 9.17) is 44.9 Å². The summed E-state index contributed by atoms with van der Waals surface area (Å²) in [6.45, 7) is 6.08. The summed E-state index contributed by atoms with van der Waals surface area (Å²) in [6, 6.07) is 9.87. The van der Waals surface area contributed by atoms with E-state index in [1.54, 1.807) is 36.5 Å². The van der Waals surface area contributed by atoms with E-state index in [9.17, 15) is 4.79 Å². The molecule has 0 atom stereocenters. The number of ketones is 1. The van der Waals surface area contributed by atoms with E-state index in [0.29, 0.717) is 38.8 Å². The van der Waals surface area contributed by atoms with Gasteiger partial charge in [0, 0.05) is 12.1 Å². The van der Waals surface area contributed by atoms with Gasteiger partial charge in [-0.1, -0.05) is 35.4 Å². The number of rotatable bonds is 9. The Morgan fingerprint density at radius 3 is 2.63 bits per heavy atom. The quantitative estimate of drug-likeness (QED) is 0.185. The fourth-order valence-corrected chi connectivity index (χ4v) is 2.64. The van der Waals surface area contributed by atoms with Crippen molar-refractivity contribution in [3.63, 3.8) is 0 Å². The van der Waals surface area contributed by atoms with Crippen LogP contribution in [-0.2, 0) is 0 Å². The molecule has 0 heterocycles. The molecule has 0 aliphatic rings. The maximum atomic E-state index is 12.3. The van der Waals surface area contributed by atoms with Crippen LogP contribution in [0.3, 0.4) is 0 Å². The molecule has 30 heavy (non-hydrogen) atoms. The molecule has 0 aromatic heterocycles. The van der Waals surface area contributed by atoms with Crippen LogP contribution in [-0.4, -0.2) is 37.4 Å². The number of ether oxygens (including phenoxy) is 2. The van der Waals surface area contributed by atoms with E-state index in [2.05, 4.69) is 22.4 Å². The van der Waals surface area contributed by atoms with Crippen LogP contribution in [0.1, 0.15) is 22.8 Å². The molecule has 6 nitrogen and oxygen atoms in total. The lowest BCUT2D eigenvalue weighted by atomic mass is 10.1. The average Bonchev–Trinajstić information content (AvgIpc) is 2.72. The van der Waals surface area contributed by atoms with Gasteiger partial charge in [0.2, 0.25) is 0 Å². The third-order valence-corrected chi connectivity index (χ3v) is 4.69. The first kappa shape index (κ1) is 23.7. The molecule has 0 radical (unpaired) electrons. The average molecular weight is 466 g/mol. The number of carbonyl (C=O) groups excluding carboxylic acids is 1. The summed E-state index contributed by atoms with van der Waals surface area (Å²) in [5.41, 5.74) is 4.84. The summed E-state index contributed by atoms with van der Waals surface area (Å²) < 4.78 is 11.0. The Kier molecular flexibility index (Phi) is 9.11. The smallest absolute Gasteiger partial charge is 0.200 e. The zero-order valence-corrected chi connectivity index (χ0v) is 18.8. The number of methoxy groups -OCH3 is 1. The fourth-order valence-electron chi connectivity index (χ4n) is 2.22. The number of hydrogen-bond acceptors (Lipinski definition) is 5. The summed E-state index contributed by atoms with van der Waals surface area (Å²) in [5.74, 6) is 0.653. The van der Waals surface area contributed by atoms with Crippen LogP contribution in [0, 0.1) is 0 Å². The molecular formula is C21H21Cl2N3O3S. The van der Waals surface area contributed by atoms with E-state index >= 15 is 0 Å². The van der Waals surface area contributed by atoms with Crippen LogP contribution >= 0.6 is 35.4 Å². The lowest BCUT2D eigenvalue weighted by molar-refractivity contribution is 0.0919. The number of nitrogens with one attached hydrogen (secondary N) is 2. The van der Waals surface area contributed by atoms with E-state index in [0.717, 1.165) is 11.1 Å². The molecule has 0 aliphatic heterocycles. The van der Waals surface area contributed by atoms with Crippen LogP contribution < -0.4 is 20.2 Å². The number of thiocarbonyl (C=S) groups is 1. The number of benzene rings is 2. The van der Waals surface area contributed by atoms with Gasteiger partial charge in [-0.25, -0.2) is 0 Å². The molecule has 2 aromatic carbocycles. The Bertz CT molecular complexity index is 980. The van der Waals surface area contributed by atoms with Gasteiger partial charge in [-0.05, 0) is 61.1 Å². The Labute approximate surface area is 190 Å². The van der Waals surface area contributed by atoms with Crippen molar-refractivity contribution in [2.24, 2.45) is 5.10 Å². The standard InChI is InChI=1S/C21H21Cl2N3O3S/c1-13(2)10-24-21(30)26-25-11-14-4-7-19(20(8-14)28-3)29-12-18(27)15-5-6-16(22)17(23)9-15/h4-9,11H,1,10,12H2,2-3H3,(H2,24,26,30)/b25-11+. The van der Waals surface area contributed by atoms with Crippen LogP contribution in [0.25, 0.3) is 0 Å². The van der Waals surface area contributed by atoms with Crippen molar-refractivity contribution in [2.75, 3.05) is 20.3 Å². The normalized spacial score (nSPS) is 10.5. The lowest BCUT2D eigenvalue weighted by Gasteiger charge is -2.11. The van der Waals surface area contributed by atoms with Crippen molar-refractivity contribution in [3.05, 3.63) is 69.7 Å². The monoisotopic (exact) mass is 465 g/mol. The second-order valence-electron chi connectivity index (χ2n) is 6.26. The fraction of sp³-hybridized carbons (Fsp3) is 0.190. The van der Waals surface area contributed by atoms with E-state index in [-0.39, 0.29) is 12.4 Å². The van der Waals surface area contributed by atoms with Crippen LogP contribution in [0.5, 0.6) is 11.5 Å². The van der Waals surface area contributed by atoms with Gasteiger partial charge < -0.3 is 14.8 Å². The van der Waals surface area contributed by atoms with Gasteiger partial charge in [0.25, 0.3) is 0 Å². The highest BCUT2D eigenvalue weighted by Crippen LogP contribution is 2.28. The molecule has 2 aromatic rings. The minimum atomic E-state index is -0.235. The molecule has 0 saturated carbocycles. The summed E-state index contributed by atoms with van der Waals surface area (Å²) in [4.78, 5) is 12.3. The maximum absolute atomic E-state index is 12.3. The van der Waals surface area contributed by atoms with Crippen molar-refractivity contribution in [2.45, 2.75) is 6.92 Å². The third kappa shape index (κ3) is 7.33. The SMILES string of the molecule is C=C(C)CNC(=S)N/N=C/c1ccc(OCC(=O)c2ccc(Cl)c(Cl)c2)c(OC)c1. The van der Waals surface area contributed by atoms with Gasteiger partial charge in [0.05, 0.1) is 23.4 Å². The Balaban J connectivity index is 1.97. The minimum absolute atomic E-state index is 0.175. The zero-order chi connectivity index (χ0) is 22.1. The first-order valence-corrected chi connectivity index (χ1v) is 9.97. The molecule has 0 aliphatic carbocycles. The number of halogens is 2. The van der Waals surface area contributed by atoms with Gasteiger partial charge in [0.1, 0.15) is 0 Å². The van der Waals surface area contributed by atoms with Gasteiger partial charge in [-0.2, -0.15) is 5.10 Å². The zero-order valence-electron chi connectivity index (χ0n) is 16.5. The molecule has 0 spiro atoms. The molecule has 158 valence electrons. The second kappa shape index (κ2) is 11.5. The Morgan fingerprint density at radius 1 is 1.20 bits per heavy atom. The summed E-state index contributed by atoms with van der Waals surface area (Å²) in [5, 5.41) is 8.12. The molecule has 0 fully saturated rings. The molecule has 2 rings (SSSR count). The first-order valence-electron chi connectivity index (χ1n) is 8.80. The van der Waals surface area contributed by atoms with Crippen LogP contribution in [0.4, 0.5) is 0 Å². The summed E-state index contributed by atoms with van der Waals surface area (Å²) >= 11 is 16.9. The topological polar surface area (TPSA) is 72.0 Å². The lowest BCUT2D eigenvalue weighted by Crippen LogP contribution is -2.32. The van der Waals surface area contributed by atoms with E-state index in [1.165, 1.54) is 13.2 Å². The molecule has 0 saturated heterocycles. The van der Waals surface area contributed by atoms with Gasteiger partial charge >= 0.3 is 0 Å². The highest BCUT2D eigenvalue weighted by atomic mass is 35.5. The molecule has 0 unspecified atom stereocenters. The predicted octanol–water partition coefficient (Wildman–Crippen LogP) is 4.64. The highest BCUT2D eigenvalue weighted by molar-refractivity contribution is 7.80. The second-order valence-corrected chi connectivity index (χ2v) is 7.48. The van der Waals surface area contributed by atoms with Crippen molar-refractivity contribution in [1.29, 1.82) is 0 Å². The van der Waals surface area contributed by atoms with E-state index < -0.39 is 0 Å². The number of hydrogen-bond donors (Lipinski definition) is 2. The predicted molar refractivity (Wildman–Crippen MR) is 125 cm³/mol. The van der Waals surface area contributed by atoms with E-state index in [1.807, 2.05) is 6.92 Å². The number of Topliss-reactive ketones (excluding diaryl/α,β-unsaturated/α-hetero) is 1. The molecular weight excluding hydrogens is 445 g/mol. The Hall–Kier alpha value is -2.61. The highest BCUT2D eigenvalue weighted by Gasteiger charge is 2.12. The first-order chi connectivity index (χ1) is 14.3. The van der Waals surface area contributed by atoms with Gasteiger partial charge in [-0.3, -0.25) is 10.2 Å². The summed E-state index contributed by atoms with van der Waals surface area (Å²) in [7, 11) is 1.51. The Morgan fingerprint density at radius 2 is 1.97 bits per heavy atom. The maximum Gasteiger partial charge on any atom is 0.200 e. The molecule has 9 heteroatoms.